The van der Waals surface area contributed by atoms with E-state index in [1.165, 1.54) is 12.8 Å². The normalized spacial score (nSPS) is 15.6. The Morgan fingerprint density at radius 2 is 2.00 bits per heavy atom. The second-order valence-corrected chi connectivity index (χ2v) is 8.13. The molecule has 1 aliphatic rings. The number of aromatic nitrogens is 1. The monoisotopic (exact) mass is 323 g/mol. The molecule has 1 aromatic rings. The molecular weight excluding hydrogens is 294 g/mol. The Morgan fingerprint density at radius 1 is 1.35 bits per heavy atom. The minimum Gasteiger partial charge on any atom is -0.447 e. The average Bonchev–Trinajstić information content (AvgIpc) is 3.09. The summed E-state index contributed by atoms with van der Waals surface area (Å²) in [7, 11) is 0. The van der Waals surface area contributed by atoms with Crippen LogP contribution in [0, 0.1) is 0 Å². The van der Waals surface area contributed by atoms with Gasteiger partial charge in [0.25, 0.3) is 0 Å². The van der Waals surface area contributed by atoms with Crippen LogP contribution >= 0.6 is 0 Å². The second-order valence-electron chi connectivity index (χ2n) is 8.13. The molecule has 2 rings (SSSR count). The lowest BCUT2D eigenvalue weighted by atomic mass is 10.1. The molecule has 0 saturated heterocycles. The van der Waals surface area contributed by atoms with Gasteiger partial charge >= 0.3 is 6.09 Å². The Hall–Kier alpha value is -1.56. The van der Waals surface area contributed by atoms with Crippen molar-refractivity contribution in [1.29, 1.82) is 0 Å². The fraction of sp³-hybridized carbons (Fsp3) is 0.765. The lowest BCUT2D eigenvalue weighted by molar-refractivity contribution is 0.00142. The molecule has 0 spiro atoms. The molecule has 1 amide bonds. The van der Waals surface area contributed by atoms with Gasteiger partial charge in [0.2, 0.25) is 5.89 Å². The number of nitrogens with zero attached hydrogens (tertiary/aromatic N) is 2. The lowest BCUT2D eigenvalue weighted by Gasteiger charge is -2.35. The Bertz CT molecular complexity index is 536. The van der Waals surface area contributed by atoms with Gasteiger partial charge in [-0.05, 0) is 54.4 Å². The average molecular weight is 323 g/mol. The zero-order chi connectivity index (χ0) is 17.3. The van der Waals surface area contributed by atoms with Crippen molar-refractivity contribution in [3.05, 3.63) is 17.8 Å². The summed E-state index contributed by atoms with van der Waals surface area (Å²) in [5, 5.41) is 3.40. The van der Waals surface area contributed by atoms with Crippen molar-refractivity contribution in [3.8, 4) is 0 Å². The number of hydrogen-bond acceptors (Lipinski definition) is 5. The van der Waals surface area contributed by atoms with Crippen LogP contribution in [0.3, 0.4) is 0 Å². The lowest BCUT2D eigenvalue weighted by Crippen LogP contribution is -2.47. The van der Waals surface area contributed by atoms with Crippen molar-refractivity contribution in [3.63, 3.8) is 0 Å². The van der Waals surface area contributed by atoms with Crippen molar-refractivity contribution in [2.45, 2.75) is 84.7 Å². The van der Waals surface area contributed by atoms with E-state index in [4.69, 9.17) is 9.15 Å². The van der Waals surface area contributed by atoms with Gasteiger partial charge in [0.15, 0.2) is 0 Å². The van der Waals surface area contributed by atoms with Crippen molar-refractivity contribution < 1.29 is 13.9 Å². The number of rotatable bonds is 5. The van der Waals surface area contributed by atoms with Crippen LogP contribution in [0.2, 0.25) is 0 Å². The van der Waals surface area contributed by atoms with Crippen LogP contribution in [0.15, 0.2) is 10.7 Å². The molecule has 1 heterocycles. The van der Waals surface area contributed by atoms with Crippen molar-refractivity contribution in [1.82, 2.24) is 15.2 Å². The fourth-order valence-corrected chi connectivity index (χ4v) is 2.07. The number of carbonyl (C=O) groups is 1. The maximum absolute atomic E-state index is 12.5. The first-order valence-electron chi connectivity index (χ1n) is 8.22. The van der Waals surface area contributed by atoms with Crippen molar-refractivity contribution in [2.24, 2.45) is 0 Å². The maximum atomic E-state index is 12.5. The van der Waals surface area contributed by atoms with Gasteiger partial charge in [0.1, 0.15) is 18.4 Å². The van der Waals surface area contributed by atoms with Gasteiger partial charge < -0.3 is 14.5 Å². The minimum atomic E-state index is -0.531. The summed E-state index contributed by atoms with van der Waals surface area (Å²) in [6.45, 7) is 12.5. The van der Waals surface area contributed by atoms with E-state index in [-0.39, 0.29) is 11.6 Å². The Labute approximate surface area is 138 Å². The number of nitrogens with one attached hydrogen (secondary N) is 1. The van der Waals surface area contributed by atoms with Crippen molar-refractivity contribution in [2.75, 3.05) is 0 Å². The van der Waals surface area contributed by atoms with E-state index < -0.39 is 5.60 Å². The summed E-state index contributed by atoms with van der Waals surface area (Å²) in [6.07, 6.45) is 3.77. The van der Waals surface area contributed by atoms with Crippen LogP contribution in [0.1, 0.15) is 66.0 Å². The summed E-state index contributed by atoms with van der Waals surface area (Å²) in [4.78, 5) is 18.6. The molecule has 1 fully saturated rings. The molecule has 0 unspecified atom stereocenters. The molecule has 0 bridgehead atoms. The summed E-state index contributed by atoms with van der Waals surface area (Å²) >= 11 is 0. The molecule has 130 valence electrons. The third-order valence-electron chi connectivity index (χ3n) is 3.47. The first-order chi connectivity index (χ1) is 10.5. The van der Waals surface area contributed by atoms with E-state index >= 15 is 0 Å². The van der Waals surface area contributed by atoms with Crippen LogP contribution < -0.4 is 5.32 Å². The minimum absolute atomic E-state index is 0.293. The standard InChI is InChI=1S/C17H29N3O3/c1-16(2,3)20(15(21)23-17(4,5)6)10-14-19-13(11-22-14)9-18-12-7-8-12/h11-12,18H,7-10H2,1-6H3. The molecule has 6 nitrogen and oxygen atoms in total. The Morgan fingerprint density at radius 3 is 2.52 bits per heavy atom. The molecule has 6 heteroatoms. The summed E-state index contributed by atoms with van der Waals surface area (Å²) in [5.74, 6) is 0.526. The molecular formula is C17H29N3O3. The van der Waals surface area contributed by atoms with E-state index in [1.807, 2.05) is 41.5 Å². The van der Waals surface area contributed by atoms with Crippen LogP contribution in [0.25, 0.3) is 0 Å². The smallest absolute Gasteiger partial charge is 0.411 e. The highest BCUT2D eigenvalue weighted by molar-refractivity contribution is 5.69. The summed E-state index contributed by atoms with van der Waals surface area (Å²) in [6, 6.07) is 0.628. The zero-order valence-electron chi connectivity index (χ0n) is 15.1. The quantitative estimate of drug-likeness (QED) is 0.898. The van der Waals surface area contributed by atoms with Crippen LogP contribution in [0.5, 0.6) is 0 Å². The molecule has 0 aromatic carbocycles. The van der Waals surface area contributed by atoms with E-state index in [0.717, 1.165) is 5.69 Å². The van der Waals surface area contributed by atoms with E-state index in [0.29, 0.717) is 25.0 Å². The van der Waals surface area contributed by atoms with Gasteiger partial charge in [-0.2, -0.15) is 0 Å². The van der Waals surface area contributed by atoms with Crippen LogP contribution in [-0.4, -0.2) is 33.2 Å². The SMILES string of the molecule is CC(C)(C)OC(=O)N(Cc1nc(CNC2CC2)co1)C(C)(C)C. The van der Waals surface area contributed by atoms with Gasteiger partial charge in [-0.3, -0.25) is 4.90 Å². The number of amides is 1. The largest absolute Gasteiger partial charge is 0.447 e. The molecule has 1 aromatic heterocycles. The van der Waals surface area contributed by atoms with E-state index in [2.05, 4.69) is 10.3 Å². The Kier molecular flexibility index (Phi) is 5.04. The predicted octanol–water partition coefficient (Wildman–Crippen LogP) is 3.46. The van der Waals surface area contributed by atoms with Gasteiger partial charge in [0, 0.05) is 18.1 Å². The van der Waals surface area contributed by atoms with Gasteiger partial charge in [0.05, 0.1) is 5.69 Å². The highest BCUT2D eigenvalue weighted by Crippen LogP contribution is 2.22. The molecule has 1 N–H and O–H groups in total. The zero-order valence-corrected chi connectivity index (χ0v) is 15.1. The number of carbonyl (C=O) groups excluding carboxylic acids is 1. The molecule has 1 saturated carbocycles. The fourth-order valence-electron chi connectivity index (χ4n) is 2.07. The van der Waals surface area contributed by atoms with Crippen molar-refractivity contribution >= 4 is 6.09 Å². The van der Waals surface area contributed by atoms with E-state index in [9.17, 15) is 4.79 Å². The van der Waals surface area contributed by atoms with E-state index in [1.54, 1.807) is 11.2 Å². The molecule has 0 radical (unpaired) electrons. The first kappa shape index (κ1) is 17.8. The van der Waals surface area contributed by atoms with Crippen LogP contribution in [0.4, 0.5) is 4.79 Å². The van der Waals surface area contributed by atoms with Crippen LogP contribution in [-0.2, 0) is 17.8 Å². The highest BCUT2D eigenvalue weighted by Gasteiger charge is 2.32. The van der Waals surface area contributed by atoms with Gasteiger partial charge in [-0.15, -0.1) is 0 Å². The third-order valence-corrected chi connectivity index (χ3v) is 3.47. The predicted molar refractivity (Wildman–Crippen MR) is 87.9 cm³/mol. The maximum Gasteiger partial charge on any atom is 0.411 e. The summed E-state index contributed by atoms with van der Waals surface area (Å²) in [5.41, 5.74) is -0.0512. The molecule has 23 heavy (non-hydrogen) atoms. The molecule has 0 aliphatic heterocycles. The number of oxazole rings is 1. The first-order valence-corrected chi connectivity index (χ1v) is 8.22. The number of ether oxygens (including phenoxy) is 1. The molecule has 1 aliphatic carbocycles. The topological polar surface area (TPSA) is 67.6 Å². The summed E-state index contributed by atoms with van der Waals surface area (Å²) < 4.78 is 11.0. The van der Waals surface area contributed by atoms with Gasteiger partial charge in [-0.25, -0.2) is 9.78 Å². The second kappa shape index (κ2) is 6.51. The number of hydrogen-bond donors (Lipinski definition) is 1. The third kappa shape index (κ3) is 5.86. The molecule has 0 atom stereocenters. The highest BCUT2D eigenvalue weighted by atomic mass is 16.6. The van der Waals surface area contributed by atoms with Gasteiger partial charge in [-0.1, -0.05) is 0 Å². The Balaban J connectivity index is 2.00.